The second-order valence-electron chi connectivity index (χ2n) is 7.12. The van der Waals surface area contributed by atoms with Gasteiger partial charge >= 0.3 is 6.18 Å². The molecular formula is C21H17Cl3F5N3S. The second kappa shape index (κ2) is 10.7. The maximum Gasteiger partial charge on any atom is 0.434 e. The first kappa shape index (κ1) is 26.0. The van der Waals surface area contributed by atoms with Gasteiger partial charge in [-0.1, -0.05) is 59.1 Å². The number of anilines is 2. The highest BCUT2D eigenvalue weighted by molar-refractivity contribution is 7.15. The molecule has 0 amide bonds. The molecule has 1 heterocycles. The zero-order valence-corrected chi connectivity index (χ0v) is 20.1. The summed E-state index contributed by atoms with van der Waals surface area (Å²) in [5.41, 5.74) is -0.412. The highest BCUT2D eigenvalue weighted by atomic mass is 35.5. The minimum atomic E-state index is -4.70. The summed E-state index contributed by atoms with van der Waals surface area (Å²) in [7, 11) is 0. The first-order valence-corrected chi connectivity index (χ1v) is 11.6. The number of halogens is 8. The largest absolute Gasteiger partial charge is 0.434 e. The van der Waals surface area contributed by atoms with Gasteiger partial charge in [-0.2, -0.15) is 13.2 Å². The summed E-state index contributed by atoms with van der Waals surface area (Å²) in [6, 6.07) is 6.23. The number of aromatic nitrogens is 1. The lowest BCUT2D eigenvalue weighted by Gasteiger charge is -2.22. The number of hydrogen-bond acceptors (Lipinski definition) is 4. The molecule has 33 heavy (non-hydrogen) atoms. The van der Waals surface area contributed by atoms with Gasteiger partial charge in [0.05, 0.1) is 20.6 Å². The van der Waals surface area contributed by atoms with Crippen molar-refractivity contribution in [1.29, 1.82) is 0 Å². The topological polar surface area (TPSA) is 28.2 Å². The van der Waals surface area contributed by atoms with Crippen molar-refractivity contribution < 1.29 is 22.0 Å². The van der Waals surface area contributed by atoms with Gasteiger partial charge in [0, 0.05) is 18.1 Å². The standard InChI is InChI=1S/C21H17Cl3F5N3S/c1-2-5-32(9-11-3-4-15(25)16(26)6-11)10-17-19(21(27,28)29)31-20(33-17)30-18-13(23)7-12(22)8-14(18)24/h3-4,6-8H,2,5,9-10H2,1H3,(H,30,31). The van der Waals surface area contributed by atoms with Gasteiger partial charge in [-0.05, 0) is 42.8 Å². The average molecular weight is 545 g/mol. The molecule has 0 spiro atoms. The fraction of sp³-hybridized carbons (Fsp3) is 0.286. The summed E-state index contributed by atoms with van der Waals surface area (Å²) in [4.78, 5) is 5.39. The van der Waals surface area contributed by atoms with Crippen LogP contribution in [0.2, 0.25) is 15.1 Å². The molecule has 3 nitrogen and oxygen atoms in total. The van der Waals surface area contributed by atoms with E-state index in [0.29, 0.717) is 18.5 Å². The van der Waals surface area contributed by atoms with Crippen LogP contribution in [0.4, 0.5) is 32.8 Å². The monoisotopic (exact) mass is 543 g/mol. The summed E-state index contributed by atoms with van der Waals surface area (Å²) in [6.07, 6.45) is -4.05. The van der Waals surface area contributed by atoms with Crippen molar-refractivity contribution in [2.45, 2.75) is 32.6 Å². The molecule has 12 heteroatoms. The maximum atomic E-state index is 13.7. The lowest BCUT2D eigenvalue weighted by molar-refractivity contribution is -0.141. The van der Waals surface area contributed by atoms with Crippen LogP contribution in [0.25, 0.3) is 0 Å². The van der Waals surface area contributed by atoms with Gasteiger partial charge in [0.1, 0.15) is 0 Å². The molecule has 2 aromatic carbocycles. The molecule has 0 aliphatic heterocycles. The number of rotatable bonds is 8. The van der Waals surface area contributed by atoms with Crippen LogP contribution in [0, 0.1) is 11.6 Å². The molecule has 0 saturated carbocycles. The summed E-state index contributed by atoms with van der Waals surface area (Å²) in [6.45, 7) is 2.35. The number of benzene rings is 2. The van der Waals surface area contributed by atoms with Crippen LogP contribution in [0.1, 0.15) is 29.5 Å². The molecule has 0 unspecified atom stereocenters. The third-order valence-electron chi connectivity index (χ3n) is 4.50. The summed E-state index contributed by atoms with van der Waals surface area (Å²) in [5.74, 6) is -2.00. The van der Waals surface area contributed by atoms with Gasteiger partial charge in [-0.3, -0.25) is 4.90 Å². The van der Waals surface area contributed by atoms with E-state index in [9.17, 15) is 22.0 Å². The quantitative estimate of drug-likeness (QED) is 0.288. The molecule has 1 aromatic heterocycles. The molecule has 3 rings (SSSR count). The Morgan fingerprint density at radius 1 is 1.00 bits per heavy atom. The zero-order valence-electron chi connectivity index (χ0n) is 17.0. The Balaban J connectivity index is 1.90. The van der Waals surface area contributed by atoms with Crippen molar-refractivity contribution in [2.24, 2.45) is 0 Å². The van der Waals surface area contributed by atoms with E-state index < -0.39 is 23.5 Å². The number of alkyl halides is 3. The highest BCUT2D eigenvalue weighted by Crippen LogP contribution is 2.41. The van der Waals surface area contributed by atoms with Crippen molar-refractivity contribution in [3.8, 4) is 0 Å². The van der Waals surface area contributed by atoms with E-state index in [1.54, 1.807) is 4.90 Å². The smallest absolute Gasteiger partial charge is 0.329 e. The van der Waals surface area contributed by atoms with E-state index in [1.807, 2.05) is 6.92 Å². The number of hydrogen-bond donors (Lipinski definition) is 1. The van der Waals surface area contributed by atoms with Crippen molar-refractivity contribution in [3.05, 3.63) is 73.2 Å². The lowest BCUT2D eigenvalue weighted by Crippen LogP contribution is -2.24. The van der Waals surface area contributed by atoms with E-state index in [-0.39, 0.29) is 43.9 Å². The zero-order chi connectivity index (χ0) is 24.3. The Morgan fingerprint density at radius 2 is 1.67 bits per heavy atom. The van der Waals surface area contributed by atoms with Gasteiger partial charge < -0.3 is 5.32 Å². The lowest BCUT2D eigenvalue weighted by atomic mass is 10.2. The molecule has 3 aromatic rings. The molecular weight excluding hydrogens is 528 g/mol. The molecule has 0 atom stereocenters. The van der Waals surface area contributed by atoms with Crippen LogP contribution in [-0.2, 0) is 19.3 Å². The van der Waals surface area contributed by atoms with Crippen LogP contribution in [0.5, 0.6) is 0 Å². The first-order valence-electron chi connectivity index (χ1n) is 9.62. The van der Waals surface area contributed by atoms with Gasteiger partial charge in [0.25, 0.3) is 0 Å². The van der Waals surface area contributed by atoms with E-state index in [4.69, 9.17) is 34.8 Å². The fourth-order valence-electron chi connectivity index (χ4n) is 3.13. The Morgan fingerprint density at radius 3 is 2.24 bits per heavy atom. The van der Waals surface area contributed by atoms with E-state index in [1.165, 1.54) is 18.2 Å². The van der Waals surface area contributed by atoms with Gasteiger partial charge in [0.15, 0.2) is 22.5 Å². The van der Waals surface area contributed by atoms with Crippen LogP contribution in [0.15, 0.2) is 30.3 Å². The number of thiazole rings is 1. The van der Waals surface area contributed by atoms with E-state index in [2.05, 4.69) is 10.3 Å². The predicted molar refractivity (Wildman–Crippen MR) is 123 cm³/mol. The van der Waals surface area contributed by atoms with Gasteiger partial charge in [-0.15, -0.1) is 0 Å². The minimum absolute atomic E-state index is 0.0396. The predicted octanol–water partition coefficient (Wildman–Crippen LogP) is 8.56. The first-order chi connectivity index (χ1) is 15.5. The Bertz CT molecular complexity index is 1110. The van der Waals surface area contributed by atoms with Crippen LogP contribution < -0.4 is 5.32 Å². The molecule has 0 bridgehead atoms. The summed E-state index contributed by atoms with van der Waals surface area (Å²) < 4.78 is 67.9. The highest BCUT2D eigenvalue weighted by Gasteiger charge is 2.38. The van der Waals surface area contributed by atoms with E-state index in [0.717, 1.165) is 23.5 Å². The number of nitrogens with zero attached hydrogens (tertiary/aromatic N) is 2. The molecule has 0 aliphatic rings. The van der Waals surface area contributed by atoms with Crippen molar-refractivity contribution in [2.75, 3.05) is 11.9 Å². The number of nitrogens with one attached hydrogen (secondary N) is 1. The molecule has 0 radical (unpaired) electrons. The minimum Gasteiger partial charge on any atom is -0.329 e. The van der Waals surface area contributed by atoms with Crippen LogP contribution in [-0.4, -0.2) is 16.4 Å². The van der Waals surface area contributed by atoms with E-state index >= 15 is 0 Å². The van der Waals surface area contributed by atoms with Crippen molar-refractivity contribution in [1.82, 2.24) is 9.88 Å². The summed E-state index contributed by atoms with van der Waals surface area (Å²) >= 11 is 18.9. The van der Waals surface area contributed by atoms with Gasteiger partial charge in [-0.25, -0.2) is 13.8 Å². The normalized spacial score (nSPS) is 11.9. The Kier molecular flexibility index (Phi) is 8.45. The van der Waals surface area contributed by atoms with Crippen LogP contribution >= 0.6 is 46.1 Å². The fourth-order valence-corrected chi connectivity index (χ4v) is 5.07. The molecule has 0 saturated heterocycles. The van der Waals surface area contributed by atoms with Crippen molar-refractivity contribution in [3.63, 3.8) is 0 Å². The Labute approximate surface area is 206 Å². The van der Waals surface area contributed by atoms with Gasteiger partial charge in [0.2, 0.25) is 0 Å². The van der Waals surface area contributed by atoms with Crippen molar-refractivity contribution >= 4 is 57.0 Å². The second-order valence-corrected chi connectivity index (χ2v) is 9.45. The average Bonchev–Trinajstić information content (AvgIpc) is 3.10. The molecule has 178 valence electrons. The summed E-state index contributed by atoms with van der Waals surface area (Å²) in [5, 5.41) is 3.23. The third kappa shape index (κ3) is 6.70. The third-order valence-corrected chi connectivity index (χ3v) is 6.27. The molecule has 0 aliphatic carbocycles. The maximum absolute atomic E-state index is 13.7. The molecule has 1 N–H and O–H groups in total. The Hall–Kier alpha value is -1.65. The SMILES string of the molecule is CCCN(Cc1ccc(F)c(F)c1)Cc1sc(Nc2c(Cl)cc(Cl)cc2Cl)nc1C(F)(F)F. The van der Waals surface area contributed by atoms with Crippen LogP contribution in [0.3, 0.4) is 0 Å². The molecule has 0 fully saturated rings.